The molecule has 0 radical (unpaired) electrons. The molecule has 2 aromatic carbocycles. The number of nitrogens with one attached hydrogen (secondary N) is 2. The van der Waals surface area contributed by atoms with Gasteiger partial charge < -0.3 is 15.0 Å². The summed E-state index contributed by atoms with van der Waals surface area (Å²) in [6, 6.07) is 12.9. The van der Waals surface area contributed by atoms with Crippen LogP contribution in [0.15, 0.2) is 42.5 Å². The zero-order valence-electron chi connectivity index (χ0n) is 15.1. The number of thiocarbonyl (C=S) groups is 1. The largest absolute Gasteiger partial charge is 0.495 e. The topological polar surface area (TPSA) is 53.6 Å². The monoisotopic (exact) mass is 403 g/mol. The van der Waals surface area contributed by atoms with Crippen molar-refractivity contribution in [1.29, 1.82) is 0 Å². The fourth-order valence-electron chi connectivity index (χ4n) is 3.05. The van der Waals surface area contributed by atoms with Crippen LogP contribution < -0.4 is 20.3 Å². The average Bonchev–Trinajstić information content (AvgIpc) is 2.69. The van der Waals surface area contributed by atoms with Gasteiger partial charge in [0.05, 0.1) is 12.1 Å². The summed E-state index contributed by atoms with van der Waals surface area (Å²) >= 11 is 11.3. The van der Waals surface area contributed by atoms with E-state index in [0.29, 0.717) is 16.3 Å². The predicted molar refractivity (Wildman–Crippen MR) is 114 cm³/mol. The molecule has 0 aromatic heterocycles. The molecule has 0 bridgehead atoms. The Morgan fingerprint density at radius 2 is 1.81 bits per heavy atom. The van der Waals surface area contributed by atoms with E-state index in [-0.39, 0.29) is 11.0 Å². The first-order valence-electron chi connectivity index (χ1n) is 8.88. The zero-order valence-corrected chi connectivity index (χ0v) is 16.7. The highest BCUT2D eigenvalue weighted by molar-refractivity contribution is 7.80. The molecule has 1 fully saturated rings. The Hall–Kier alpha value is -2.31. The summed E-state index contributed by atoms with van der Waals surface area (Å²) < 4.78 is 5.09. The molecule has 1 amide bonds. The van der Waals surface area contributed by atoms with Crippen LogP contribution in [0.4, 0.5) is 11.4 Å². The number of carbonyl (C=O) groups is 1. The third kappa shape index (κ3) is 5.11. The summed E-state index contributed by atoms with van der Waals surface area (Å²) in [5, 5.41) is 6.30. The van der Waals surface area contributed by atoms with Gasteiger partial charge in [-0.25, -0.2) is 0 Å². The van der Waals surface area contributed by atoms with Crippen LogP contribution in [0, 0.1) is 0 Å². The number of methoxy groups -OCH3 is 1. The van der Waals surface area contributed by atoms with Crippen molar-refractivity contribution in [1.82, 2.24) is 5.32 Å². The molecule has 0 aliphatic carbocycles. The van der Waals surface area contributed by atoms with E-state index in [9.17, 15) is 4.79 Å². The number of anilines is 2. The molecule has 1 aliphatic heterocycles. The number of ether oxygens (including phenoxy) is 1. The van der Waals surface area contributed by atoms with E-state index >= 15 is 0 Å². The van der Waals surface area contributed by atoms with Crippen molar-refractivity contribution in [3.05, 3.63) is 53.1 Å². The average molecular weight is 404 g/mol. The molecule has 5 nitrogen and oxygen atoms in total. The van der Waals surface area contributed by atoms with E-state index in [2.05, 4.69) is 27.7 Å². The van der Waals surface area contributed by atoms with Gasteiger partial charge in [0.15, 0.2) is 5.11 Å². The molecule has 0 saturated carbocycles. The van der Waals surface area contributed by atoms with Gasteiger partial charge in [-0.15, -0.1) is 0 Å². The summed E-state index contributed by atoms with van der Waals surface area (Å²) in [4.78, 5) is 14.7. The normalized spacial score (nSPS) is 13.8. The van der Waals surface area contributed by atoms with Crippen molar-refractivity contribution in [3.63, 3.8) is 0 Å². The van der Waals surface area contributed by atoms with Crippen LogP contribution in [0.25, 0.3) is 0 Å². The van der Waals surface area contributed by atoms with Gasteiger partial charge in [-0.3, -0.25) is 10.1 Å². The van der Waals surface area contributed by atoms with E-state index in [1.807, 2.05) is 12.1 Å². The summed E-state index contributed by atoms with van der Waals surface area (Å²) in [5.74, 6) is 0.185. The molecular weight excluding hydrogens is 382 g/mol. The number of halogens is 1. The van der Waals surface area contributed by atoms with Crippen LogP contribution in [0.5, 0.6) is 5.75 Å². The second kappa shape index (κ2) is 9.06. The van der Waals surface area contributed by atoms with Crippen LogP contribution in [-0.2, 0) is 0 Å². The fraction of sp³-hybridized carbons (Fsp3) is 0.300. The van der Waals surface area contributed by atoms with Gasteiger partial charge in [-0.2, -0.15) is 0 Å². The third-order valence-electron chi connectivity index (χ3n) is 4.49. The molecule has 2 aromatic rings. The van der Waals surface area contributed by atoms with Crippen LogP contribution >= 0.6 is 23.8 Å². The maximum atomic E-state index is 12.3. The lowest BCUT2D eigenvalue weighted by molar-refractivity contribution is 0.0977. The quantitative estimate of drug-likeness (QED) is 0.738. The number of nitrogens with zero attached hydrogens (tertiary/aromatic N) is 1. The molecule has 1 heterocycles. The zero-order chi connectivity index (χ0) is 19.2. The highest BCUT2D eigenvalue weighted by atomic mass is 35.5. The first-order valence-corrected chi connectivity index (χ1v) is 9.66. The number of piperidine rings is 1. The highest BCUT2D eigenvalue weighted by Gasteiger charge is 2.12. The fourth-order valence-corrected chi connectivity index (χ4v) is 3.52. The van der Waals surface area contributed by atoms with E-state index in [1.165, 1.54) is 32.1 Å². The molecule has 3 rings (SSSR count). The summed E-state index contributed by atoms with van der Waals surface area (Å²) in [5.41, 5.74) is 2.45. The Labute approximate surface area is 169 Å². The van der Waals surface area contributed by atoms with Crippen molar-refractivity contribution in [3.8, 4) is 5.75 Å². The highest BCUT2D eigenvalue weighted by Crippen LogP contribution is 2.25. The van der Waals surface area contributed by atoms with Gasteiger partial charge in [-0.1, -0.05) is 11.6 Å². The van der Waals surface area contributed by atoms with E-state index in [4.69, 9.17) is 28.6 Å². The smallest absolute Gasteiger partial charge is 0.257 e. The lowest BCUT2D eigenvalue weighted by atomic mass is 10.1. The molecule has 27 heavy (non-hydrogen) atoms. The van der Waals surface area contributed by atoms with Crippen LogP contribution in [0.3, 0.4) is 0 Å². The Morgan fingerprint density at radius 3 is 2.44 bits per heavy atom. The van der Waals surface area contributed by atoms with Crippen LogP contribution in [0.1, 0.15) is 29.6 Å². The molecule has 7 heteroatoms. The minimum Gasteiger partial charge on any atom is -0.495 e. The van der Waals surface area contributed by atoms with Gasteiger partial charge in [0, 0.05) is 30.0 Å². The molecule has 1 saturated heterocycles. The lowest BCUT2D eigenvalue weighted by Gasteiger charge is -2.28. The van der Waals surface area contributed by atoms with Gasteiger partial charge in [-0.05, 0) is 73.9 Å². The molecule has 1 aliphatic rings. The van der Waals surface area contributed by atoms with Crippen molar-refractivity contribution < 1.29 is 9.53 Å². The molecule has 0 unspecified atom stereocenters. The lowest BCUT2D eigenvalue weighted by Crippen LogP contribution is -2.34. The predicted octanol–water partition coefficient (Wildman–Crippen LogP) is 4.47. The molecule has 2 N–H and O–H groups in total. The van der Waals surface area contributed by atoms with Gasteiger partial charge in [0.25, 0.3) is 5.91 Å². The molecular formula is C20H22ClN3O2S. The van der Waals surface area contributed by atoms with Crippen molar-refractivity contribution in [2.45, 2.75) is 19.3 Å². The molecule has 0 spiro atoms. The third-order valence-corrected chi connectivity index (χ3v) is 4.99. The van der Waals surface area contributed by atoms with Crippen LogP contribution in [-0.4, -0.2) is 31.2 Å². The molecule has 142 valence electrons. The number of carbonyl (C=O) groups excluding carboxylic acids is 1. The maximum Gasteiger partial charge on any atom is 0.257 e. The van der Waals surface area contributed by atoms with Gasteiger partial charge in [0.2, 0.25) is 0 Å². The van der Waals surface area contributed by atoms with Gasteiger partial charge >= 0.3 is 0 Å². The van der Waals surface area contributed by atoms with Crippen molar-refractivity contribution in [2.75, 3.05) is 30.4 Å². The second-order valence-electron chi connectivity index (χ2n) is 6.35. The first-order chi connectivity index (χ1) is 13.1. The minimum absolute atomic E-state index is 0.234. The standard InChI is InChI=1S/C20H22ClN3O2S/c1-26-18-10-5-14(13-17(18)21)19(25)23-20(27)22-15-6-8-16(9-7-15)24-11-3-2-4-12-24/h5-10,13H,2-4,11-12H2,1H3,(H2,22,23,25,27). The van der Waals surface area contributed by atoms with Crippen LogP contribution in [0.2, 0.25) is 5.02 Å². The van der Waals surface area contributed by atoms with Gasteiger partial charge in [0.1, 0.15) is 5.75 Å². The Balaban J connectivity index is 1.57. The van der Waals surface area contributed by atoms with E-state index in [0.717, 1.165) is 18.8 Å². The molecule has 0 atom stereocenters. The second-order valence-corrected chi connectivity index (χ2v) is 7.17. The number of benzene rings is 2. The van der Waals surface area contributed by atoms with Crippen molar-refractivity contribution in [2.24, 2.45) is 0 Å². The number of hydrogen-bond donors (Lipinski definition) is 2. The summed E-state index contributed by atoms with van der Waals surface area (Å²) in [6.45, 7) is 2.21. The Bertz CT molecular complexity index is 820. The Kier molecular flexibility index (Phi) is 6.53. The maximum absolute atomic E-state index is 12.3. The summed E-state index contributed by atoms with van der Waals surface area (Å²) in [7, 11) is 1.52. The van der Waals surface area contributed by atoms with E-state index < -0.39 is 0 Å². The summed E-state index contributed by atoms with van der Waals surface area (Å²) in [6.07, 6.45) is 3.79. The number of amides is 1. The first kappa shape index (κ1) is 19.5. The van der Waals surface area contributed by atoms with Crippen molar-refractivity contribution >= 4 is 46.2 Å². The minimum atomic E-state index is -0.331. The SMILES string of the molecule is COc1ccc(C(=O)NC(=S)Nc2ccc(N3CCCCC3)cc2)cc1Cl. The number of rotatable bonds is 4. The Morgan fingerprint density at radius 1 is 1.11 bits per heavy atom. The van der Waals surface area contributed by atoms with E-state index in [1.54, 1.807) is 18.2 Å². The number of hydrogen-bond acceptors (Lipinski definition) is 4.